The summed E-state index contributed by atoms with van der Waals surface area (Å²) in [5, 5.41) is 15.9. The van der Waals surface area contributed by atoms with E-state index in [9.17, 15) is 18.5 Å². The lowest BCUT2D eigenvalue weighted by atomic mass is 10.2. The molecule has 0 aliphatic rings. The molecule has 0 spiro atoms. The summed E-state index contributed by atoms with van der Waals surface area (Å²) >= 11 is 12.2. The molecule has 0 saturated carbocycles. The minimum atomic E-state index is -4.25. The number of rotatable bonds is 6. The molecule has 3 aromatic rings. The van der Waals surface area contributed by atoms with Crippen molar-refractivity contribution in [1.29, 1.82) is 0 Å². The van der Waals surface area contributed by atoms with Crippen LogP contribution in [0.4, 0.5) is 11.6 Å². The number of benzene rings is 2. The van der Waals surface area contributed by atoms with E-state index in [1.54, 1.807) is 18.2 Å². The molecule has 0 aliphatic heterocycles. The van der Waals surface area contributed by atoms with Crippen LogP contribution in [0.15, 0.2) is 53.7 Å². The molecule has 0 fully saturated rings. The number of aromatic nitrogens is 3. The quantitative estimate of drug-likeness (QED) is 0.475. The van der Waals surface area contributed by atoms with Gasteiger partial charge in [-0.25, -0.2) is 17.8 Å². The first-order valence-electron chi connectivity index (χ1n) is 7.36. The Labute approximate surface area is 163 Å². The number of nitrogens with zero attached hydrogens (tertiary/aromatic N) is 4. The Balaban J connectivity index is 1.85. The monoisotopic (exact) mass is 427 g/mol. The van der Waals surface area contributed by atoms with Crippen LogP contribution in [0.2, 0.25) is 10.0 Å². The van der Waals surface area contributed by atoms with Crippen LogP contribution in [-0.2, 0) is 16.6 Å². The van der Waals surface area contributed by atoms with E-state index < -0.39 is 25.5 Å². The van der Waals surface area contributed by atoms with Crippen molar-refractivity contribution in [2.24, 2.45) is 0 Å². The van der Waals surface area contributed by atoms with Crippen molar-refractivity contribution >= 4 is 44.9 Å². The maximum Gasteiger partial charge on any atom is 0.289 e. The third kappa shape index (κ3) is 4.18. The number of nitro groups is 1. The van der Waals surface area contributed by atoms with Gasteiger partial charge >= 0.3 is 0 Å². The number of para-hydroxylation sites is 1. The molecule has 0 aliphatic carbocycles. The molecule has 27 heavy (non-hydrogen) atoms. The predicted octanol–water partition coefficient (Wildman–Crippen LogP) is 3.34. The first-order chi connectivity index (χ1) is 12.8. The molecule has 0 unspecified atom stereocenters. The fourth-order valence-electron chi connectivity index (χ4n) is 2.27. The summed E-state index contributed by atoms with van der Waals surface area (Å²) in [5.74, 6) is -0.240. The summed E-state index contributed by atoms with van der Waals surface area (Å²) in [4.78, 5) is 13.6. The van der Waals surface area contributed by atoms with Crippen molar-refractivity contribution < 1.29 is 13.3 Å². The molecule has 140 valence electrons. The summed E-state index contributed by atoms with van der Waals surface area (Å²) in [6, 6.07) is 10.0. The van der Waals surface area contributed by atoms with Gasteiger partial charge in [0.1, 0.15) is 6.33 Å². The summed E-state index contributed by atoms with van der Waals surface area (Å²) < 4.78 is 28.4. The van der Waals surface area contributed by atoms with E-state index in [1.165, 1.54) is 23.1 Å². The van der Waals surface area contributed by atoms with Gasteiger partial charge in [0.2, 0.25) is 0 Å². The maximum atomic E-state index is 12.5. The van der Waals surface area contributed by atoms with Crippen LogP contribution in [0, 0.1) is 10.1 Å². The van der Waals surface area contributed by atoms with Gasteiger partial charge in [-0.1, -0.05) is 41.4 Å². The van der Waals surface area contributed by atoms with Crippen molar-refractivity contribution in [1.82, 2.24) is 14.8 Å². The van der Waals surface area contributed by atoms with Gasteiger partial charge in [0, 0.05) is 21.7 Å². The van der Waals surface area contributed by atoms with Crippen molar-refractivity contribution in [2.75, 3.05) is 4.72 Å². The van der Waals surface area contributed by atoms with Gasteiger partial charge in [-0.05, 0) is 18.2 Å². The van der Waals surface area contributed by atoms with Gasteiger partial charge in [0.15, 0.2) is 4.90 Å². The van der Waals surface area contributed by atoms with Gasteiger partial charge < -0.3 is 0 Å². The molecule has 1 N–H and O–H groups in total. The average Bonchev–Trinajstić information content (AvgIpc) is 3.04. The van der Waals surface area contributed by atoms with Crippen LogP contribution in [0.5, 0.6) is 0 Å². The molecule has 3 rings (SSSR count). The van der Waals surface area contributed by atoms with Crippen molar-refractivity contribution in [2.45, 2.75) is 11.4 Å². The van der Waals surface area contributed by atoms with Gasteiger partial charge in [-0.15, -0.1) is 5.10 Å². The third-order valence-corrected chi connectivity index (χ3v) is 5.58. The van der Waals surface area contributed by atoms with E-state index in [1.807, 2.05) is 0 Å². The number of halogens is 2. The third-order valence-electron chi connectivity index (χ3n) is 3.50. The van der Waals surface area contributed by atoms with Crippen LogP contribution >= 0.6 is 23.2 Å². The number of hydrogen-bond acceptors (Lipinski definition) is 6. The highest BCUT2D eigenvalue weighted by molar-refractivity contribution is 7.92. The van der Waals surface area contributed by atoms with Crippen LogP contribution in [0.3, 0.4) is 0 Å². The highest BCUT2D eigenvalue weighted by Crippen LogP contribution is 2.26. The molecule has 2 aromatic carbocycles. The normalized spacial score (nSPS) is 11.3. The Hall–Kier alpha value is -2.69. The molecular weight excluding hydrogens is 417 g/mol. The summed E-state index contributed by atoms with van der Waals surface area (Å²) in [5.41, 5.74) is 0.0473. The zero-order valence-corrected chi connectivity index (χ0v) is 15.7. The van der Waals surface area contributed by atoms with Crippen molar-refractivity contribution in [3.05, 3.63) is 74.5 Å². The van der Waals surface area contributed by atoms with E-state index in [2.05, 4.69) is 14.8 Å². The number of sulfonamides is 1. The van der Waals surface area contributed by atoms with E-state index in [0.29, 0.717) is 15.6 Å². The molecule has 0 amide bonds. The first-order valence-corrected chi connectivity index (χ1v) is 9.60. The zero-order chi connectivity index (χ0) is 19.6. The SMILES string of the molecule is O=[N+]([O-])c1ccccc1S(=O)(=O)Nc1ncn(Cc2c(Cl)cccc2Cl)n1. The molecule has 9 nitrogen and oxygen atoms in total. The standard InChI is InChI=1S/C15H11Cl2N5O4S/c16-11-4-3-5-12(17)10(11)8-21-9-18-15(19-21)20-27(25,26)14-7-2-1-6-13(14)22(23)24/h1-7,9H,8H2,(H,19,20). The second-order valence-corrected chi connectivity index (χ2v) is 7.76. The fraction of sp³-hybridized carbons (Fsp3) is 0.0667. The topological polar surface area (TPSA) is 120 Å². The van der Waals surface area contributed by atoms with Crippen LogP contribution in [0.1, 0.15) is 5.56 Å². The van der Waals surface area contributed by atoms with Gasteiger partial charge in [0.05, 0.1) is 11.5 Å². The number of nitro benzene ring substituents is 1. The lowest BCUT2D eigenvalue weighted by Gasteiger charge is -2.07. The van der Waals surface area contributed by atoms with Gasteiger partial charge in [-0.3, -0.25) is 10.1 Å². The number of nitrogens with one attached hydrogen (secondary N) is 1. The molecule has 0 radical (unpaired) electrons. The van der Waals surface area contributed by atoms with Gasteiger partial charge in [-0.2, -0.15) is 4.98 Å². The predicted molar refractivity (Wildman–Crippen MR) is 99.5 cm³/mol. The lowest BCUT2D eigenvalue weighted by Crippen LogP contribution is -2.16. The Kier molecular flexibility index (Phi) is 5.31. The molecule has 1 aromatic heterocycles. The highest BCUT2D eigenvalue weighted by Gasteiger charge is 2.26. The average molecular weight is 428 g/mol. The molecule has 1 heterocycles. The van der Waals surface area contributed by atoms with Crippen LogP contribution < -0.4 is 4.72 Å². The fourth-order valence-corrected chi connectivity index (χ4v) is 3.91. The van der Waals surface area contributed by atoms with E-state index in [4.69, 9.17) is 23.2 Å². The second kappa shape index (κ2) is 7.51. The molecule has 0 saturated heterocycles. The van der Waals surface area contributed by atoms with Crippen molar-refractivity contribution in [3.63, 3.8) is 0 Å². The van der Waals surface area contributed by atoms with E-state index in [-0.39, 0.29) is 12.5 Å². The largest absolute Gasteiger partial charge is 0.289 e. The zero-order valence-electron chi connectivity index (χ0n) is 13.4. The lowest BCUT2D eigenvalue weighted by molar-refractivity contribution is -0.387. The van der Waals surface area contributed by atoms with Crippen LogP contribution in [0.25, 0.3) is 0 Å². The summed E-state index contributed by atoms with van der Waals surface area (Å²) in [7, 11) is -4.25. The molecule has 12 heteroatoms. The Morgan fingerprint density at radius 1 is 1.11 bits per heavy atom. The summed E-state index contributed by atoms with van der Waals surface area (Å²) in [6.45, 7) is 0.165. The number of hydrogen-bond donors (Lipinski definition) is 1. The van der Waals surface area contributed by atoms with Gasteiger partial charge in [0.25, 0.3) is 21.7 Å². The highest BCUT2D eigenvalue weighted by atomic mass is 35.5. The van der Waals surface area contributed by atoms with E-state index in [0.717, 1.165) is 12.1 Å². The maximum absolute atomic E-state index is 12.5. The molecule has 0 bridgehead atoms. The van der Waals surface area contributed by atoms with Crippen LogP contribution in [-0.4, -0.2) is 28.1 Å². The Morgan fingerprint density at radius 2 is 1.78 bits per heavy atom. The second-order valence-electron chi connectivity index (χ2n) is 5.30. The summed E-state index contributed by atoms with van der Waals surface area (Å²) in [6.07, 6.45) is 1.29. The Bertz CT molecular complexity index is 1100. The minimum absolute atomic E-state index is 0.165. The smallest absolute Gasteiger partial charge is 0.258 e. The molecule has 0 atom stereocenters. The van der Waals surface area contributed by atoms with Crippen molar-refractivity contribution in [3.8, 4) is 0 Å². The first kappa shape index (κ1) is 19.1. The van der Waals surface area contributed by atoms with E-state index >= 15 is 0 Å². The minimum Gasteiger partial charge on any atom is -0.258 e. The number of anilines is 1. The Morgan fingerprint density at radius 3 is 2.44 bits per heavy atom. The molecular formula is C15H11Cl2N5O4S.